The van der Waals surface area contributed by atoms with Gasteiger partial charge in [0.05, 0.1) is 0 Å². The van der Waals surface area contributed by atoms with Gasteiger partial charge in [0.2, 0.25) is 0 Å². The Bertz CT molecular complexity index is 3190. The maximum atomic E-state index is 6.61. The summed E-state index contributed by atoms with van der Waals surface area (Å²) in [6.07, 6.45) is 0. The Morgan fingerprint density at radius 3 is 1.82 bits per heavy atom. The molecule has 9 aromatic carbocycles. The van der Waals surface area contributed by atoms with Gasteiger partial charge in [-0.25, -0.2) is 0 Å². The molecule has 258 valence electrons. The highest BCUT2D eigenvalue weighted by atomic mass is 32.1. The van der Waals surface area contributed by atoms with E-state index in [1.54, 1.807) is 0 Å². The molecule has 11 rings (SSSR count). The first-order valence-corrected chi connectivity index (χ1v) is 19.5. The fourth-order valence-corrected chi connectivity index (χ4v) is 9.49. The van der Waals surface area contributed by atoms with Crippen molar-refractivity contribution in [3.63, 3.8) is 0 Å². The minimum absolute atomic E-state index is 0.911. The average molecular weight is 720 g/mol. The Balaban J connectivity index is 1.03. The number of nitrogens with zero attached hydrogens (tertiary/aromatic N) is 1. The van der Waals surface area contributed by atoms with Gasteiger partial charge in [0, 0.05) is 53.6 Å². The standard InChI is InChI=1S/C52H33NOS/c1-2-11-34(12-3-1)35-23-28-39(29-24-35)53(41-15-8-14-38(33-41)44-19-10-20-46-45-17-6-7-22-49(45)55-52(44)46)40-30-25-37(26-31-40)43-18-9-21-47-50-42-16-5-4-13-36(42)27-32-48(50)54-51(43)47/h1-33H. The summed E-state index contributed by atoms with van der Waals surface area (Å²) in [6, 6.07) is 72.0. The van der Waals surface area contributed by atoms with Gasteiger partial charge in [-0.15, -0.1) is 11.3 Å². The molecule has 2 aromatic heterocycles. The molecule has 55 heavy (non-hydrogen) atoms. The van der Waals surface area contributed by atoms with Gasteiger partial charge < -0.3 is 9.32 Å². The van der Waals surface area contributed by atoms with Gasteiger partial charge in [0.15, 0.2) is 0 Å². The maximum Gasteiger partial charge on any atom is 0.143 e. The quantitative estimate of drug-likeness (QED) is 0.170. The summed E-state index contributed by atoms with van der Waals surface area (Å²) in [5.41, 5.74) is 12.1. The minimum Gasteiger partial charge on any atom is -0.455 e. The first kappa shape index (κ1) is 31.6. The summed E-state index contributed by atoms with van der Waals surface area (Å²) in [6.45, 7) is 0. The Morgan fingerprint density at radius 2 is 1.00 bits per heavy atom. The fourth-order valence-electron chi connectivity index (χ4n) is 8.25. The molecule has 0 radical (unpaired) electrons. The van der Waals surface area contributed by atoms with Crippen molar-refractivity contribution in [2.24, 2.45) is 0 Å². The van der Waals surface area contributed by atoms with E-state index in [0.29, 0.717) is 0 Å². The second-order valence-electron chi connectivity index (χ2n) is 14.1. The van der Waals surface area contributed by atoms with Crippen molar-refractivity contribution < 1.29 is 4.42 Å². The zero-order chi connectivity index (χ0) is 36.3. The summed E-state index contributed by atoms with van der Waals surface area (Å²) < 4.78 is 9.23. The van der Waals surface area contributed by atoms with Gasteiger partial charge >= 0.3 is 0 Å². The molecule has 0 amide bonds. The van der Waals surface area contributed by atoms with E-state index in [-0.39, 0.29) is 0 Å². The molecule has 0 fully saturated rings. The van der Waals surface area contributed by atoms with Crippen LogP contribution in [0.2, 0.25) is 0 Å². The molecule has 0 N–H and O–H groups in total. The van der Waals surface area contributed by atoms with Crippen LogP contribution in [0.4, 0.5) is 17.1 Å². The monoisotopic (exact) mass is 719 g/mol. The molecule has 0 spiro atoms. The molecule has 0 saturated heterocycles. The number of benzene rings is 9. The number of para-hydroxylation sites is 1. The van der Waals surface area contributed by atoms with E-state index >= 15 is 0 Å². The maximum absolute atomic E-state index is 6.61. The van der Waals surface area contributed by atoms with Crippen LogP contribution >= 0.6 is 11.3 Å². The van der Waals surface area contributed by atoms with Gasteiger partial charge in [-0.1, -0.05) is 152 Å². The van der Waals surface area contributed by atoms with Crippen LogP contribution in [0.15, 0.2) is 205 Å². The predicted molar refractivity (Wildman–Crippen MR) is 235 cm³/mol. The SMILES string of the molecule is c1ccc(-c2ccc(N(c3ccc(-c4cccc5c4oc4ccc6ccccc6c45)cc3)c3cccc(-c4cccc5c4sc4ccccc45)c3)cc2)cc1. The molecule has 2 heterocycles. The molecule has 0 saturated carbocycles. The van der Waals surface area contributed by atoms with E-state index in [2.05, 4.69) is 205 Å². The fraction of sp³-hybridized carbons (Fsp3) is 0. The van der Waals surface area contributed by atoms with Crippen molar-refractivity contribution in [3.05, 3.63) is 200 Å². The van der Waals surface area contributed by atoms with Crippen LogP contribution in [-0.2, 0) is 0 Å². The minimum atomic E-state index is 0.911. The third kappa shape index (κ3) is 5.32. The van der Waals surface area contributed by atoms with Crippen LogP contribution in [0.5, 0.6) is 0 Å². The highest BCUT2D eigenvalue weighted by molar-refractivity contribution is 7.26. The molecule has 0 unspecified atom stereocenters. The van der Waals surface area contributed by atoms with Crippen LogP contribution in [0.25, 0.3) is 86.3 Å². The summed E-state index contributed by atoms with van der Waals surface area (Å²) in [4.78, 5) is 2.36. The van der Waals surface area contributed by atoms with Crippen molar-refractivity contribution in [1.82, 2.24) is 0 Å². The lowest BCUT2D eigenvalue weighted by atomic mass is 9.99. The van der Waals surface area contributed by atoms with Crippen molar-refractivity contribution in [2.75, 3.05) is 4.90 Å². The van der Waals surface area contributed by atoms with Crippen LogP contribution in [0.1, 0.15) is 0 Å². The molecule has 11 aromatic rings. The summed E-state index contributed by atoms with van der Waals surface area (Å²) in [5.74, 6) is 0. The number of hydrogen-bond acceptors (Lipinski definition) is 3. The number of furan rings is 1. The van der Waals surface area contributed by atoms with Crippen LogP contribution in [0, 0.1) is 0 Å². The van der Waals surface area contributed by atoms with Gasteiger partial charge in [0.25, 0.3) is 0 Å². The van der Waals surface area contributed by atoms with Gasteiger partial charge in [-0.05, 0) is 87.1 Å². The second-order valence-corrected chi connectivity index (χ2v) is 15.1. The van der Waals surface area contributed by atoms with E-state index in [9.17, 15) is 0 Å². The van der Waals surface area contributed by atoms with Crippen LogP contribution in [-0.4, -0.2) is 0 Å². The zero-order valence-corrected chi connectivity index (χ0v) is 30.6. The van der Waals surface area contributed by atoms with Gasteiger partial charge in [-0.2, -0.15) is 0 Å². The predicted octanol–water partition coefficient (Wildman–Crippen LogP) is 15.6. The summed E-state index contributed by atoms with van der Waals surface area (Å²) in [5, 5.41) is 7.36. The first-order chi connectivity index (χ1) is 27.3. The van der Waals surface area contributed by atoms with Gasteiger partial charge in [-0.3, -0.25) is 0 Å². The molecular weight excluding hydrogens is 687 g/mol. The molecular formula is C52H33NOS. The average Bonchev–Trinajstić information content (AvgIpc) is 3.84. The molecule has 0 aliphatic rings. The molecule has 0 aliphatic carbocycles. The number of hydrogen-bond donors (Lipinski definition) is 0. The number of fused-ring (bicyclic) bond motifs is 8. The van der Waals surface area contributed by atoms with Crippen molar-refractivity contribution in [3.8, 4) is 33.4 Å². The number of rotatable bonds is 6. The largest absolute Gasteiger partial charge is 0.455 e. The van der Waals surface area contributed by atoms with Crippen molar-refractivity contribution >= 4 is 81.3 Å². The van der Waals surface area contributed by atoms with E-state index in [1.165, 1.54) is 58.6 Å². The normalized spacial score (nSPS) is 11.6. The van der Waals surface area contributed by atoms with Crippen molar-refractivity contribution in [1.29, 1.82) is 0 Å². The summed E-state index contributed by atoms with van der Waals surface area (Å²) in [7, 11) is 0. The molecule has 2 nitrogen and oxygen atoms in total. The lowest BCUT2D eigenvalue weighted by molar-refractivity contribution is 0.670. The van der Waals surface area contributed by atoms with E-state index in [4.69, 9.17) is 4.42 Å². The third-order valence-electron chi connectivity index (χ3n) is 10.9. The van der Waals surface area contributed by atoms with Crippen LogP contribution in [0.3, 0.4) is 0 Å². The molecule has 0 atom stereocenters. The molecule has 0 aliphatic heterocycles. The third-order valence-corrected chi connectivity index (χ3v) is 12.1. The first-order valence-electron chi connectivity index (χ1n) is 18.7. The Hall–Kier alpha value is -6.94. The van der Waals surface area contributed by atoms with E-state index < -0.39 is 0 Å². The van der Waals surface area contributed by atoms with Crippen LogP contribution < -0.4 is 4.90 Å². The molecule has 0 bridgehead atoms. The lowest BCUT2D eigenvalue weighted by Gasteiger charge is -2.26. The number of thiophene rings is 1. The zero-order valence-electron chi connectivity index (χ0n) is 29.8. The Morgan fingerprint density at radius 1 is 0.382 bits per heavy atom. The Labute approximate surface area is 322 Å². The smallest absolute Gasteiger partial charge is 0.143 e. The lowest BCUT2D eigenvalue weighted by Crippen LogP contribution is -2.10. The highest BCUT2D eigenvalue weighted by Gasteiger charge is 2.18. The number of anilines is 3. The second kappa shape index (κ2) is 12.9. The van der Waals surface area contributed by atoms with Crippen molar-refractivity contribution in [2.45, 2.75) is 0 Å². The Kier molecular flexibility index (Phi) is 7.39. The van der Waals surface area contributed by atoms with Gasteiger partial charge in [0.1, 0.15) is 11.2 Å². The van der Waals surface area contributed by atoms with E-state index in [0.717, 1.165) is 44.7 Å². The summed E-state index contributed by atoms with van der Waals surface area (Å²) >= 11 is 1.87. The topological polar surface area (TPSA) is 16.4 Å². The van der Waals surface area contributed by atoms with E-state index in [1.807, 2.05) is 11.3 Å². The highest BCUT2D eigenvalue weighted by Crippen LogP contribution is 2.44. The molecule has 3 heteroatoms.